The van der Waals surface area contributed by atoms with E-state index >= 15 is 0 Å². The summed E-state index contributed by atoms with van der Waals surface area (Å²) < 4.78 is 5.31. The highest BCUT2D eigenvalue weighted by Crippen LogP contribution is 2.11. The van der Waals surface area contributed by atoms with Crippen LogP contribution in [0.2, 0.25) is 0 Å². The highest BCUT2D eigenvalue weighted by molar-refractivity contribution is 5.80. The van der Waals surface area contributed by atoms with E-state index in [0.717, 1.165) is 30.5 Å². The normalized spacial score (nSPS) is 19.2. The fourth-order valence-electron chi connectivity index (χ4n) is 1.87. The van der Waals surface area contributed by atoms with E-state index < -0.39 is 0 Å². The van der Waals surface area contributed by atoms with Crippen LogP contribution in [0.4, 0.5) is 0 Å². The van der Waals surface area contributed by atoms with E-state index in [9.17, 15) is 4.79 Å². The average Bonchev–Trinajstić information content (AvgIpc) is 2.85. The molecule has 1 aromatic heterocycles. The summed E-state index contributed by atoms with van der Waals surface area (Å²) in [6.07, 6.45) is 4.27. The summed E-state index contributed by atoms with van der Waals surface area (Å²) in [5, 5.41) is 2.90. The number of amides is 1. The Morgan fingerprint density at radius 3 is 3.12 bits per heavy atom. The molecular formula is C13H18N2O2. The van der Waals surface area contributed by atoms with Gasteiger partial charge in [-0.1, -0.05) is 6.07 Å². The number of hydrogen-bond acceptors (Lipinski definition) is 3. The molecule has 1 aliphatic heterocycles. The van der Waals surface area contributed by atoms with Crippen LogP contribution in [-0.2, 0) is 16.0 Å². The average molecular weight is 234 g/mol. The number of aryl methyl sites for hydroxylation is 1. The lowest BCUT2D eigenvalue weighted by molar-refractivity contribution is -0.129. The van der Waals surface area contributed by atoms with Crippen LogP contribution >= 0.6 is 0 Å². The number of hydrogen-bond donors (Lipinski definition) is 1. The topological polar surface area (TPSA) is 51.2 Å². The molecule has 1 aromatic rings. The van der Waals surface area contributed by atoms with Gasteiger partial charge in [0, 0.05) is 25.0 Å². The molecule has 1 amide bonds. The molecule has 0 unspecified atom stereocenters. The van der Waals surface area contributed by atoms with Gasteiger partial charge in [-0.3, -0.25) is 9.78 Å². The molecule has 1 fully saturated rings. The second-order valence-electron chi connectivity index (χ2n) is 4.35. The van der Waals surface area contributed by atoms with Gasteiger partial charge in [-0.2, -0.15) is 0 Å². The molecule has 0 aromatic carbocycles. The molecule has 1 N–H and O–H groups in total. The number of nitrogens with zero attached hydrogens (tertiary/aromatic N) is 1. The second-order valence-corrected chi connectivity index (χ2v) is 4.35. The lowest BCUT2D eigenvalue weighted by atomic mass is 10.2. The van der Waals surface area contributed by atoms with E-state index in [0.29, 0.717) is 13.2 Å². The van der Waals surface area contributed by atoms with Crippen molar-refractivity contribution < 1.29 is 9.53 Å². The van der Waals surface area contributed by atoms with Crippen LogP contribution in [0.1, 0.15) is 24.1 Å². The van der Waals surface area contributed by atoms with Crippen LogP contribution in [0.15, 0.2) is 18.3 Å². The van der Waals surface area contributed by atoms with Gasteiger partial charge in [0.05, 0.1) is 0 Å². The van der Waals surface area contributed by atoms with E-state index in [4.69, 9.17) is 4.74 Å². The largest absolute Gasteiger partial charge is 0.368 e. The predicted octanol–water partition coefficient (Wildman–Crippen LogP) is 1.23. The molecule has 0 aliphatic carbocycles. The van der Waals surface area contributed by atoms with Crippen molar-refractivity contribution in [3.05, 3.63) is 29.6 Å². The van der Waals surface area contributed by atoms with Crippen LogP contribution in [0.3, 0.4) is 0 Å². The maximum atomic E-state index is 11.6. The fourth-order valence-corrected chi connectivity index (χ4v) is 1.87. The van der Waals surface area contributed by atoms with Crippen molar-refractivity contribution >= 4 is 5.91 Å². The zero-order chi connectivity index (χ0) is 12.1. The zero-order valence-corrected chi connectivity index (χ0v) is 10.1. The van der Waals surface area contributed by atoms with Gasteiger partial charge in [0.2, 0.25) is 5.91 Å². The summed E-state index contributed by atoms with van der Waals surface area (Å²) in [7, 11) is 0. The molecule has 0 spiro atoms. The molecule has 0 bridgehead atoms. The molecule has 2 heterocycles. The van der Waals surface area contributed by atoms with E-state index in [1.54, 1.807) is 0 Å². The smallest absolute Gasteiger partial charge is 0.249 e. The van der Waals surface area contributed by atoms with Gasteiger partial charge in [0.1, 0.15) is 6.10 Å². The van der Waals surface area contributed by atoms with Crippen LogP contribution < -0.4 is 5.32 Å². The molecule has 2 rings (SSSR count). The number of carbonyl (C=O) groups excluding carboxylic acids is 1. The number of nitrogens with one attached hydrogen (secondary N) is 1. The molecule has 17 heavy (non-hydrogen) atoms. The summed E-state index contributed by atoms with van der Waals surface area (Å²) in [4.78, 5) is 15.9. The molecule has 1 saturated heterocycles. The maximum absolute atomic E-state index is 11.6. The standard InChI is InChI=1S/C13H18N2O2/c1-10-4-5-11(9-15-10)6-7-14-13(16)12-3-2-8-17-12/h4-5,9,12H,2-3,6-8H2,1H3,(H,14,16)/t12-/m0/s1. The van der Waals surface area contributed by atoms with Gasteiger partial charge >= 0.3 is 0 Å². The lowest BCUT2D eigenvalue weighted by Crippen LogP contribution is -2.35. The highest BCUT2D eigenvalue weighted by atomic mass is 16.5. The monoisotopic (exact) mass is 234 g/mol. The van der Waals surface area contributed by atoms with Crippen molar-refractivity contribution in [2.24, 2.45) is 0 Å². The number of ether oxygens (including phenoxy) is 1. The summed E-state index contributed by atoms with van der Waals surface area (Å²) in [5.74, 6) is 0.0163. The van der Waals surface area contributed by atoms with Crippen LogP contribution in [0, 0.1) is 6.92 Å². The van der Waals surface area contributed by atoms with E-state index in [1.165, 1.54) is 0 Å². The summed E-state index contributed by atoms with van der Waals surface area (Å²) >= 11 is 0. The highest BCUT2D eigenvalue weighted by Gasteiger charge is 2.22. The van der Waals surface area contributed by atoms with Crippen molar-refractivity contribution in [1.82, 2.24) is 10.3 Å². The van der Waals surface area contributed by atoms with Gasteiger partial charge in [-0.25, -0.2) is 0 Å². The Kier molecular flexibility index (Phi) is 4.09. The third-order valence-electron chi connectivity index (χ3n) is 2.91. The zero-order valence-electron chi connectivity index (χ0n) is 10.1. The summed E-state index contributed by atoms with van der Waals surface area (Å²) in [6, 6.07) is 4.03. The molecule has 0 radical (unpaired) electrons. The van der Waals surface area contributed by atoms with Crippen molar-refractivity contribution in [2.45, 2.75) is 32.3 Å². The SMILES string of the molecule is Cc1ccc(CCNC(=O)[C@@H]2CCCO2)cn1. The number of rotatable bonds is 4. The molecular weight excluding hydrogens is 216 g/mol. The Hall–Kier alpha value is -1.42. The van der Waals surface area contributed by atoms with Crippen LogP contribution in [0.5, 0.6) is 0 Å². The number of pyridine rings is 1. The fraction of sp³-hybridized carbons (Fsp3) is 0.538. The summed E-state index contributed by atoms with van der Waals surface area (Å²) in [5.41, 5.74) is 2.15. The number of aromatic nitrogens is 1. The first-order chi connectivity index (χ1) is 8.25. The Bertz CT molecular complexity index is 370. The Labute approximate surface area is 101 Å². The molecule has 0 saturated carbocycles. The quantitative estimate of drug-likeness (QED) is 0.852. The van der Waals surface area contributed by atoms with E-state index in [-0.39, 0.29) is 12.0 Å². The van der Waals surface area contributed by atoms with E-state index in [2.05, 4.69) is 10.3 Å². The molecule has 1 atom stereocenters. The molecule has 4 nitrogen and oxygen atoms in total. The molecule has 92 valence electrons. The first kappa shape index (κ1) is 12.0. The predicted molar refractivity (Wildman–Crippen MR) is 64.7 cm³/mol. The lowest BCUT2D eigenvalue weighted by Gasteiger charge is -2.10. The minimum atomic E-state index is -0.230. The van der Waals surface area contributed by atoms with Gasteiger partial charge in [0.25, 0.3) is 0 Å². The minimum absolute atomic E-state index is 0.0163. The van der Waals surface area contributed by atoms with Crippen molar-refractivity contribution in [3.63, 3.8) is 0 Å². The third-order valence-corrected chi connectivity index (χ3v) is 2.91. The minimum Gasteiger partial charge on any atom is -0.368 e. The van der Waals surface area contributed by atoms with Gasteiger partial charge in [-0.05, 0) is 37.8 Å². The van der Waals surface area contributed by atoms with Crippen molar-refractivity contribution in [3.8, 4) is 0 Å². The Balaban J connectivity index is 1.72. The van der Waals surface area contributed by atoms with Gasteiger partial charge in [0.15, 0.2) is 0 Å². The second kappa shape index (κ2) is 5.77. The Morgan fingerprint density at radius 1 is 1.59 bits per heavy atom. The van der Waals surface area contributed by atoms with Gasteiger partial charge in [-0.15, -0.1) is 0 Å². The molecule has 4 heteroatoms. The van der Waals surface area contributed by atoms with Crippen LogP contribution in [-0.4, -0.2) is 30.1 Å². The van der Waals surface area contributed by atoms with E-state index in [1.807, 2.05) is 25.3 Å². The first-order valence-electron chi connectivity index (χ1n) is 6.06. The molecule has 1 aliphatic rings. The Morgan fingerprint density at radius 2 is 2.47 bits per heavy atom. The summed E-state index contributed by atoms with van der Waals surface area (Å²) in [6.45, 7) is 3.31. The number of carbonyl (C=O) groups is 1. The maximum Gasteiger partial charge on any atom is 0.249 e. The third kappa shape index (κ3) is 3.53. The van der Waals surface area contributed by atoms with Crippen LogP contribution in [0.25, 0.3) is 0 Å². The van der Waals surface area contributed by atoms with Crippen molar-refractivity contribution in [1.29, 1.82) is 0 Å². The first-order valence-corrected chi connectivity index (χ1v) is 6.06. The van der Waals surface area contributed by atoms with Crippen molar-refractivity contribution in [2.75, 3.05) is 13.2 Å². The van der Waals surface area contributed by atoms with Gasteiger partial charge < -0.3 is 10.1 Å².